The van der Waals surface area contributed by atoms with Crippen molar-refractivity contribution in [1.82, 2.24) is 0 Å². The minimum atomic E-state index is -0.117. The van der Waals surface area contributed by atoms with Crippen LogP contribution in [-0.4, -0.2) is 0 Å². The molecule has 90 valence electrons. The minimum absolute atomic E-state index is 0.117. The second-order valence-corrected chi connectivity index (χ2v) is 4.53. The number of rotatable bonds is 4. The maximum Gasteiger partial charge on any atom is 0.121 e. The molecule has 1 aromatic heterocycles. The van der Waals surface area contributed by atoms with Crippen LogP contribution in [0.2, 0.25) is 5.02 Å². The maximum atomic E-state index is 6.11. The van der Waals surface area contributed by atoms with E-state index in [2.05, 4.69) is 6.92 Å². The molecule has 0 radical (unpaired) electrons. The van der Waals surface area contributed by atoms with Crippen molar-refractivity contribution in [3.05, 3.63) is 58.5 Å². The molecule has 2 rings (SSSR count). The van der Waals surface area contributed by atoms with Gasteiger partial charge in [0.1, 0.15) is 11.5 Å². The molecule has 1 unspecified atom stereocenters. The molecule has 2 aromatic rings. The topological polar surface area (TPSA) is 39.2 Å². The third-order valence-electron chi connectivity index (χ3n) is 2.74. The van der Waals surface area contributed by atoms with Gasteiger partial charge in [0.15, 0.2) is 0 Å². The van der Waals surface area contributed by atoms with E-state index >= 15 is 0 Å². The summed E-state index contributed by atoms with van der Waals surface area (Å²) in [4.78, 5) is 0. The van der Waals surface area contributed by atoms with Gasteiger partial charge in [-0.2, -0.15) is 0 Å². The lowest BCUT2D eigenvalue weighted by Gasteiger charge is -2.09. The summed E-state index contributed by atoms with van der Waals surface area (Å²) in [5.41, 5.74) is 7.23. The van der Waals surface area contributed by atoms with E-state index in [-0.39, 0.29) is 6.04 Å². The number of nitrogens with two attached hydrogens (primary N) is 1. The first-order chi connectivity index (χ1) is 8.19. The van der Waals surface area contributed by atoms with Gasteiger partial charge < -0.3 is 10.2 Å². The van der Waals surface area contributed by atoms with Crippen LogP contribution in [-0.2, 0) is 12.8 Å². The van der Waals surface area contributed by atoms with Crippen molar-refractivity contribution in [3.8, 4) is 0 Å². The normalized spacial score (nSPS) is 12.6. The molecule has 2 N–H and O–H groups in total. The fourth-order valence-electron chi connectivity index (χ4n) is 1.80. The van der Waals surface area contributed by atoms with Crippen LogP contribution < -0.4 is 5.73 Å². The molecule has 1 atom stereocenters. The lowest BCUT2D eigenvalue weighted by Crippen LogP contribution is -2.12. The lowest BCUT2D eigenvalue weighted by atomic mass is 10.1. The molecule has 0 aliphatic carbocycles. The van der Waals surface area contributed by atoms with Crippen LogP contribution in [0.15, 0.2) is 40.8 Å². The zero-order chi connectivity index (χ0) is 12.3. The molecule has 0 aliphatic heterocycles. The second-order valence-electron chi connectivity index (χ2n) is 4.10. The van der Waals surface area contributed by atoms with E-state index in [1.165, 1.54) is 0 Å². The lowest BCUT2D eigenvalue weighted by molar-refractivity contribution is 0.434. The number of furan rings is 1. The Balaban J connectivity index is 2.08. The number of halogens is 1. The van der Waals surface area contributed by atoms with Gasteiger partial charge in [-0.3, -0.25) is 0 Å². The number of aryl methyl sites for hydroxylation is 1. The molecule has 0 saturated heterocycles. The summed E-state index contributed by atoms with van der Waals surface area (Å²) in [5.74, 6) is 1.81. The van der Waals surface area contributed by atoms with E-state index < -0.39 is 0 Å². The smallest absolute Gasteiger partial charge is 0.121 e. The molecule has 1 heterocycles. The molecule has 0 spiro atoms. The van der Waals surface area contributed by atoms with Gasteiger partial charge in [-0.25, -0.2) is 0 Å². The average molecular weight is 250 g/mol. The Morgan fingerprint density at radius 3 is 2.76 bits per heavy atom. The van der Waals surface area contributed by atoms with Crippen molar-refractivity contribution in [2.75, 3.05) is 0 Å². The van der Waals surface area contributed by atoms with Crippen LogP contribution in [0.3, 0.4) is 0 Å². The Labute approximate surface area is 106 Å². The summed E-state index contributed by atoms with van der Waals surface area (Å²) in [7, 11) is 0. The first kappa shape index (κ1) is 12.2. The summed E-state index contributed by atoms with van der Waals surface area (Å²) in [6, 6.07) is 11.6. The molecule has 0 bridgehead atoms. The quantitative estimate of drug-likeness (QED) is 0.897. The zero-order valence-corrected chi connectivity index (χ0v) is 10.6. The zero-order valence-electron chi connectivity index (χ0n) is 9.82. The van der Waals surface area contributed by atoms with Gasteiger partial charge >= 0.3 is 0 Å². The predicted octanol–water partition coefficient (Wildman–Crippen LogP) is 3.74. The molecule has 17 heavy (non-hydrogen) atoms. The Bertz CT molecular complexity index is 492. The van der Waals surface area contributed by atoms with Gasteiger partial charge in [0.2, 0.25) is 0 Å². The number of hydrogen-bond acceptors (Lipinski definition) is 2. The highest BCUT2D eigenvalue weighted by Gasteiger charge is 2.11. The van der Waals surface area contributed by atoms with Crippen LogP contribution in [0.1, 0.15) is 30.0 Å². The molecule has 0 fully saturated rings. The third-order valence-corrected chi connectivity index (χ3v) is 2.98. The first-order valence-corrected chi connectivity index (χ1v) is 6.15. The van der Waals surface area contributed by atoms with Crippen LogP contribution in [0.25, 0.3) is 0 Å². The number of hydrogen-bond donors (Lipinski definition) is 1. The summed E-state index contributed by atoms with van der Waals surface area (Å²) in [5, 5.41) is 0.739. The molecular formula is C14H16ClNO. The third kappa shape index (κ3) is 3.11. The van der Waals surface area contributed by atoms with Crippen LogP contribution in [0, 0.1) is 0 Å². The first-order valence-electron chi connectivity index (χ1n) is 5.77. The Kier molecular flexibility index (Phi) is 3.87. The van der Waals surface area contributed by atoms with Gasteiger partial charge in [-0.1, -0.05) is 30.7 Å². The van der Waals surface area contributed by atoms with Gasteiger partial charge in [-0.05, 0) is 36.2 Å². The predicted molar refractivity (Wildman–Crippen MR) is 70.2 cm³/mol. The molecule has 3 heteroatoms. The van der Waals surface area contributed by atoms with E-state index in [1.54, 1.807) is 0 Å². The summed E-state index contributed by atoms with van der Waals surface area (Å²) < 4.78 is 5.64. The van der Waals surface area contributed by atoms with Crippen molar-refractivity contribution in [2.24, 2.45) is 5.73 Å². The molecule has 1 aromatic carbocycles. The fourth-order valence-corrected chi connectivity index (χ4v) is 2.02. The summed E-state index contributed by atoms with van der Waals surface area (Å²) in [6.07, 6.45) is 1.63. The average Bonchev–Trinajstić information content (AvgIpc) is 2.77. The SMILES string of the molecule is CCc1ccc(C(N)Cc2cccc(Cl)c2)o1. The van der Waals surface area contributed by atoms with Gasteiger partial charge in [0.25, 0.3) is 0 Å². The Hall–Kier alpha value is -1.25. The van der Waals surface area contributed by atoms with E-state index in [9.17, 15) is 0 Å². The van der Waals surface area contributed by atoms with Crippen molar-refractivity contribution in [3.63, 3.8) is 0 Å². The standard InChI is InChI=1S/C14H16ClNO/c1-2-12-6-7-14(17-12)13(16)9-10-4-3-5-11(15)8-10/h3-8,13H,2,9,16H2,1H3. The van der Waals surface area contributed by atoms with E-state index in [1.807, 2.05) is 36.4 Å². The van der Waals surface area contributed by atoms with Gasteiger partial charge in [-0.15, -0.1) is 0 Å². The maximum absolute atomic E-state index is 6.11. The van der Waals surface area contributed by atoms with Crippen molar-refractivity contribution < 1.29 is 4.42 Å². The highest BCUT2D eigenvalue weighted by Crippen LogP contribution is 2.20. The Morgan fingerprint density at radius 2 is 2.12 bits per heavy atom. The van der Waals surface area contributed by atoms with Gasteiger partial charge in [0.05, 0.1) is 6.04 Å². The minimum Gasteiger partial charge on any atom is -0.464 e. The fraction of sp³-hybridized carbons (Fsp3) is 0.286. The van der Waals surface area contributed by atoms with Crippen molar-refractivity contribution in [1.29, 1.82) is 0 Å². The monoisotopic (exact) mass is 249 g/mol. The van der Waals surface area contributed by atoms with Crippen molar-refractivity contribution >= 4 is 11.6 Å². The van der Waals surface area contributed by atoms with E-state index in [0.29, 0.717) is 0 Å². The molecule has 0 amide bonds. The molecular weight excluding hydrogens is 234 g/mol. The van der Waals surface area contributed by atoms with Crippen LogP contribution >= 0.6 is 11.6 Å². The molecule has 0 saturated carbocycles. The second kappa shape index (κ2) is 5.39. The highest BCUT2D eigenvalue weighted by molar-refractivity contribution is 6.30. The van der Waals surface area contributed by atoms with E-state index in [4.69, 9.17) is 21.8 Å². The Morgan fingerprint density at radius 1 is 1.29 bits per heavy atom. The summed E-state index contributed by atoms with van der Waals surface area (Å²) in [6.45, 7) is 2.06. The summed E-state index contributed by atoms with van der Waals surface area (Å²) >= 11 is 5.94. The van der Waals surface area contributed by atoms with Crippen LogP contribution in [0.4, 0.5) is 0 Å². The largest absolute Gasteiger partial charge is 0.464 e. The van der Waals surface area contributed by atoms with Crippen molar-refractivity contribution in [2.45, 2.75) is 25.8 Å². The molecule has 0 aliphatic rings. The highest BCUT2D eigenvalue weighted by atomic mass is 35.5. The van der Waals surface area contributed by atoms with Crippen LogP contribution in [0.5, 0.6) is 0 Å². The number of benzene rings is 1. The van der Waals surface area contributed by atoms with Gasteiger partial charge in [0, 0.05) is 11.4 Å². The molecule has 2 nitrogen and oxygen atoms in total. The van der Waals surface area contributed by atoms with E-state index in [0.717, 1.165) is 34.9 Å².